The van der Waals surface area contributed by atoms with Gasteiger partial charge >= 0.3 is 0 Å². The molecule has 2 aromatic heterocycles. The number of carbonyl (C=O) groups is 1. The highest BCUT2D eigenvalue weighted by Crippen LogP contribution is 2.37. The number of hydrogen-bond donors (Lipinski definition) is 2. The fourth-order valence-electron chi connectivity index (χ4n) is 2.07. The molecule has 6 heteroatoms. The van der Waals surface area contributed by atoms with Crippen LogP contribution < -0.4 is 5.32 Å². The van der Waals surface area contributed by atoms with Crippen molar-refractivity contribution in [3.63, 3.8) is 0 Å². The number of amides is 1. The molecule has 1 fully saturated rings. The Morgan fingerprint density at radius 2 is 2.37 bits per heavy atom. The number of hydrogen-bond acceptors (Lipinski definition) is 2. The lowest BCUT2D eigenvalue weighted by molar-refractivity contribution is 0.101. The average molecular weight is 323 g/mol. The number of rotatable bonds is 4. The van der Waals surface area contributed by atoms with Gasteiger partial charge in [-0.05, 0) is 41.3 Å². The molecule has 2 N–H and O–H groups in total. The van der Waals surface area contributed by atoms with Crippen LogP contribution in [0.25, 0.3) is 0 Å². The Bertz CT molecular complexity index is 612. The highest BCUT2D eigenvalue weighted by atomic mass is 79.9. The van der Waals surface area contributed by atoms with E-state index in [9.17, 15) is 4.79 Å². The Morgan fingerprint density at radius 1 is 1.58 bits per heavy atom. The van der Waals surface area contributed by atoms with Crippen molar-refractivity contribution in [3.05, 3.63) is 34.2 Å². The van der Waals surface area contributed by atoms with E-state index in [1.165, 1.54) is 0 Å². The molecule has 0 aromatic carbocycles. The molecule has 0 radical (unpaired) electrons. The Balaban J connectivity index is 1.79. The van der Waals surface area contributed by atoms with Gasteiger partial charge in [0.05, 0.1) is 0 Å². The Morgan fingerprint density at radius 3 is 3.00 bits per heavy atom. The molecule has 0 bridgehead atoms. The van der Waals surface area contributed by atoms with E-state index in [1.807, 2.05) is 29.8 Å². The molecule has 2 heterocycles. The summed E-state index contributed by atoms with van der Waals surface area (Å²) in [6, 6.07) is 4.18. The van der Waals surface area contributed by atoms with Crippen LogP contribution in [-0.2, 0) is 6.42 Å². The van der Waals surface area contributed by atoms with Crippen LogP contribution in [0.2, 0.25) is 0 Å². The van der Waals surface area contributed by atoms with Crippen LogP contribution in [0, 0.1) is 0 Å². The number of aromatic nitrogens is 3. The first kappa shape index (κ1) is 12.5. The topological polar surface area (TPSA) is 62.7 Å². The summed E-state index contributed by atoms with van der Waals surface area (Å²) < 4.78 is 2.97. The Hall–Kier alpha value is -1.56. The number of anilines is 1. The highest BCUT2D eigenvalue weighted by molar-refractivity contribution is 9.10. The monoisotopic (exact) mass is 322 g/mol. The minimum Gasteiger partial charge on any atom is -0.339 e. The number of nitrogens with one attached hydrogen (secondary N) is 2. The molecule has 5 nitrogen and oxygen atoms in total. The first-order valence-corrected chi connectivity index (χ1v) is 7.19. The first-order chi connectivity index (χ1) is 9.17. The van der Waals surface area contributed by atoms with Crippen molar-refractivity contribution in [1.29, 1.82) is 0 Å². The van der Waals surface area contributed by atoms with Gasteiger partial charge in [0.15, 0.2) is 5.82 Å². The summed E-state index contributed by atoms with van der Waals surface area (Å²) in [6.45, 7) is 2.04. The van der Waals surface area contributed by atoms with E-state index in [-0.39, 0.29) is 5.91 Å². The van der Waals surface area contributed by atoms with Gasteiger partial charge in [0.25, 0.3) is 5.91 Å². The van der Waals surface area contributed by atoms with Gasteiger partial charge in [0.1, 0.15) is 5.69 Å². The van der Waals surface area contributed by atoms with Crippen molar-refractivity contribution in [2.45, 2.75) is 32.2 Å². The second kappa shape index (κ2) is 4.85. The van der Waals surface area contributed by atoms with Crippen molar-refractivity contribution in [1.82, 2.24) is 14.8 Å². The molecule has 0 spiro atoms. The number of H-pyrrole nitrogens is 1. The van der Waals surface area contributed by atoms with E-state index in [2.05, 4.69) is 31.4 Å². The van der Waals surface area contributed by atoms with Gasteiger partial charge < -0.3 is 9.88 Å². The van der Waals surface area contributed by atoms with Crippen LogP contribution in [0.4, 0.5) is 5.82 Å². The third kappa shape index (κ3) is 2.58. The van der Waals surface area contributed by atoms with E-state index in [1.54, 1.807) is 0 Å². The largest absolute Gasteiger partial charge is 0.339 e. The molecule has 0 saturated heterocycles. The van der Waals surface area contributed by atoms with Crippen LogP contribution in [0.3, 0.4) is 0 Å². The van der Waals surface area contributed by atoms with Gasteiger partial charge in [0.2, 0.25) is 0 Å². The summed E-state index contributed by atoms with van der Waals surface area (Å²) in [4.78, 5) is 12.3. The molecule has 1 amide bonds. The lowest BCUT2D eigenvalue weighted by Gasteiger charge is -2.06. The quantitative estimate of drug-likeness (QED) is 0.908. The standard InChI is InChI=1S/C13H15BrN4O/c1-2-9-6-12(17-16-9)15-13(19)11-5-8(14)7-18(11)10-3-4-10/h5-7,10H,2-4H2,1H3,(H2,15,16,17,19). The summed E-state index contributed by atoms with van der Waals surface area (Å²) in [5, 5.41) is 9.78. The number of carbonyl (C=O) groups excluding carboxylic acids is 1. The number of halogens is 1. The fourth-order valence-corrected chi connectivity index (χ4v) is 2.51. The molecule has 1 saturated carbocycles. The van der Waals surface area contributed by atoms with Crippen LogP contribution in [0.15, 0.2) is 22.8 Å². The van der Waals surface area contributed by atoms with E-state index < -0.39 is 0 Å². The Labute approximate surface area is 119 Å². The van der Waals surface area contributed by atoms with Gasteiger partial charge in [-0.3, -0.25) is 9.89 Å². The van der Waals surface area contributed by atoms with Crippen LogP contribution in [-0.4, -0.2) is 20.7 Å². The molecular weight excluding hydrogens is 308 g/mol. The average Bonchev–Trinajstić information content (AvgIpc) is 3.01. The summed E-state index contributed by atoms with van der Waals surface area (Å²) in [6.07, 6.45) is 5.12. The third-order valence-corrected chi connectivity index (χ3v) is 3.68. The maximum atomic E-state index is 12.3. The van der Waals surface area contributed by atoms with Gasteiger partial charge in [-0.2, -0.15) is 5.10 Å². The van der Waals surface area contributed by atoms with Crippen LogP contribution in [0.1, 0.15) is 42.0 Å². The highest BCUT2D eigenvalue weighted by Gasteiger charge is 2.27. The van der Waals surface area contributed by atoms with E-state index >= 15 is 0 Å². The first-order valence-electron chi connectivity index (χ1n) is 6.40. The second-order valence-electron chi connectivity index (χ2n) is 4.77. The summed E-state index contributed by atoms with van der Waals surface area (Å²) >= 11 is 3.43. The van der Waals surface area contributed by atoms with E-state index in [4.69, 9.17) is 0 Å². The number of aromatic amines is 1. The predicted octanol–water partition coefficient (Wildman–Crippen LogP) is 3.12. The van der Waals surface area contributed by atoms with Gasteiger partial charge in [-0.25, -0.2) is 0 Å². The van der Waals surface area contributed by atoms with E-state index in [0.29, 0.717) is 17.6 Å². The maximum absolute atomic E-state index is 12.3. The molecular formula is C13H15BrN4O. The molecule has 100 valence electrons. The SMILES string of the molecule is CCc1cc(NC(=O)c2cc(Br)cn2C2CC2)n[nH]1. The van der Waals surface area contributed by atoms with Gasteiger partial charge in [0, 0.05) is 28.5 Å². The zero-order valence-corrected chi connectivity index (χ0v) is 12.2. The smallest absolute Gasteiger partial charge is 0.273 e. The van der Waals surface area contributed by atoms with Crippen LogP contribution >= 0.6 is 15.9 Å². The molecule has 0 unspecified atom stereocenters. The van der Waals surface area contributed by atoms with Crippen molar-refractivity contribution in [2.75, 3.05) is 5.32 Å². The van der Waals surface area contributed by atoms with Crippen LogP contribution in [0.5, 0.6) is 0 Å². The Kier molecular flexibility index (Phi) is 3.18. The minimum absolute atomic E-state index is 0.119. The van der Waals surface area contributed by atoms with Crippen molar-refractivity contribution in [2.24, 2.45) is 0 Å². The molecule has 3 rings (SSSR count). The number of aryl methyl sites for hydroxylation is 1. The fraction of sp³-hybridized carbons (Fsp3) is 0.385. The third-order valence-electron chi connectivity index (χ3n) is 3.24. The van der Waals surface area contributed by atoms with Gasteiger partial charge in [-0.1, -0.05) is 6.92 Å². The maximum Gasteiger partial charge on any atom is 0.273 e. The second-order valence-corrected chi connectivity index (χ2v) is 5.68. The molecule has 0 aliphatic heterocycles. The molecule has 2 aromatic rings. The van der Waals surface area contributed by atoms with E-state index in [0.717, 1.165) is 29.4 Å². The zero-order chi connectivity index (χ0) is 13.4. The summed E-state index contributed by atoms with van der Waals surface area (Å²) in [7, 11) is 0. The lowest BCUT2D eigenvalue weighted by atomic mass is 10.3. The van der Waals surface area contributed by atoms with Crippen molar-refractivity contribution >= 4 is 27.7 Å². The van der Waals surface area contributed by atoms with Crippen molar-refractivity contribution in [3.8, 4) is 0 Å². The summed E-state index contributed by atoms with van der Waals surface area (Å²) in [5.74, 6) is 0.452. The molecule has 1 aliphatic carbocycles. The zero-order valence-electron chi connectivity index (χ0n) is 10.6. The summed E-state index contributed by atoms with van der Waals surface area (Å²) in [5.41, 5.74) is 1.68. The lowest BCUT2D eigenvalue weighted by Crippen LogP contribution is -2.16. The minimum atomic E-state index is -0.119. The molecule has 1 aliphatic rings. The molecule has 0 atom stereocenters. The van der Waals surface area contributed by atoms with Gasteiger partial charge in [-0.15, -0.1) is 0 Å². The number of nitrogens with zero attached hydrogens (tertiary/aromatic N) is 2. The molecule has 19 heavy (non-hydrogen) atoms. The van der Waals surface area contributed by atoms with Crippen molar-refractivity contribution < 1.29 is 4.79 Å². The predicted molar refractivity (Wildman–Crippen MR) is 76.3 cm³/mol. The normalized spacial score (nSPS) is 14.6.